The molecule has 0 atom stereocenters. The molecule has 24 heavy (non-hydrogen) atoms. The Bertz CT molecular complexity index is 430. The first-order chi connectivity index (χ1) is 11.5. The number of rotatable bonds is 3. The first kappa shape index (κ1) is 19.8. The molecule has 0 amide bonds. The van der Waals surface area contributed by atoms with Gasteiger partial charge in [-0.05, 0) is 36.2 Å². The molecule has 0 bridgehead atoms. The van der Waals surface area contributed by atoms with Crippen molar-refractivity contribution in [1.29, 1.82) is 0 Å². The average Bonchev–Trinajstić information content (AvgIpc) is 3.05. The second-order valence-electron chi connectivity index (χ2n) is 7.41. The predicted octanol–water partition coefficient (Wildman–Crippen LogP) is -0.314. The van der Waals surface area contributed by atoms with Gasteiger partial charge >= 0.3 is 0 Å². The van der Waals surface area contributed by atoms with Gasteiger partial charge in [-0.3, -0.25) is 0 Å². The Hall–Kier alpha value is -0.540. The van der Waals surface area contributed by atoms with Crippen LogP contribution in [0.4, 0.5) is 0 Å². The minimum absolute atomic E-state index is 0.0223. The normalized spacial score (nSPS) is 31.5. The largest absolute Gasteiger partial charge is 0.323 e. The molecule has 1 aromatic heterocycles. The maximum absolute atomic E-state index is 6.28. The van der Waals surface area contributed by atoms with Crippen molar-refractivity contribution in [3.8, 4) is 0 Å². The van der Waals surface area contributed by atoms with Gasteiger partial charge in [-0.2, -0.15) is 11.3 Å². The lowest BCUT2D eigenvalue weighted by atomic mass is 10.0. The van der Waals surface area contributed by atoms with E-state index in [0.717, 1.165) is 58.9 Å². The van der Waals surface area contributed by atoms with E-state index in [1.807, 2.05) is 0 Å². The van der Waals surface area contributed by atoms with E-state index < -0.39 is 0 Å². The van der Waals surface area contributed by atoms with Crippen LogP contribution in [-0.2, 0) is 6.54 Å². The van der Waals surface area contributed by atoms with E-state index in [2.05, 4.69) is 57.3 Å². The van der Waals surface area contributed by atoms with Crippen LogP contribution in [0.1, 0.15) is 19.4 Å². The lowest BCUT2D eigenvalue weighted by molar-refractivity contribution is 0.311. The molecule has 7 heteroatoms. The molecule has 0 radical (unpaired) electrons. The van der Waals surface area contributed by atoms with Crippen LogP contribution >= 0.6 is 11.3 Å². The second kappa shape index (κ2) is 9.82. The van der Waals surface area contributed by atoms with Crippen molar-refractivity contribution >= 4 is 11.3 Å². The van der Waals surface area contributed by atoms with E-state index in [-0.39, 0.29) is 11.1 Å². The molecule has 0 aromatic carbocycles. The van der Waals surface area contributed by atoms with E-state index in [9.17, 15) is 0 Å². The molecule has 1 aliphatic heterocycles. The summed E-state index contributed by atoms with van der Waals surface area (Å²) in [4.78, 5) is 0. The lowest BCUT2D eigenvalue weighted by Crippen LogP contribution is -2.58. The van der Waals surface area contributed by atoms with Gasteiger partial charge in [-0.1, -0.05) is 0 Å². The van der Waals surface area contributed by atoms with E-state index in [4.69, 9.17) is 5.73 Å². The lowest BCUT2D eigenvalue weighted by Gasteiger charge is -2.33. The van der Waals surface area contributed by atoms with Crippen molar-refractivity contribution in [2.24, 2.45) is 5.73 Å². The molecule has 7 N–H and O–H groups in total. The third-order valence-electron chi connectivity index (χ3n) is 4.34. The standard InChI is InChI=1S/C17H34N6S/c1-16(18)11-19-4-6-21-13-17(2,14-22-7-5-20-12-16)23-9-15-3-8-24-10-15/h3,8,10,19-23H,4-7,9,11-14,18H2,1-2H3. The van der Waals surface area contributed by atoms with Crippen LogP contribution in [-0.4, -0.2) is 63.4 Å². The van der Waals surface area contributed by atoms with Crippen molar-refractivity contribution in [2.45, 2.75) is 31.5 Å². The summed E-state index contributed by atoms with van der Waals surface area (Å²) in [5.41, 5.74) is 7.45. The summed E-state index contributed by atoms with van der Waals surface area (Å²) in [6, 6.07) is 2.18. The average molecular weight is 355 g/mol. The van der Waals surface area contributed by atoms with Crippen molar-refractivity contribution in [2.75, 3.05) is 52.4 Å². The van der Waals surface area contributed by atoms with Crippen molar-refractivity contribution in [1.82, 2.24) is 26.6 Å². The molecular weight excluding hydrogens is 320 g/mol. The minimum Gasteiger partial charge on any atom is -0.323 e. The van der Waals surface area contributed by atoms with Gasteiger partial charge in [-0.25, -0.2) is 0 Å². The molecule has 1 saturated heterocycles. The zero-order valence-corrected chi connectivity index (χ0v) is 15.9. The van der Waals surface area contributed by atoms with Crippen molar-refractivity contribution in [3.05, 3.63) is 22.4 Å². The van der Waals surface area contributed by atoms with Gasteiger partial charge in [0.15, 0.2) is 0 Å². The summed E-state index contributed by atoms with van der Waals surface area (Å²) in [7, 11) is 0. The van der Waals surface area contributed by atoms with Gasteiger partial charge in [0.25, 0.3) is 0 Å². The fourth-order valence-corrected chi connectivity index (χ4v) is 3.46. The quantitative estimate of drug-likeness (QED) is 0.446. The number of hydrogen-bond acceptors (Lipinski definition) is 7. The topological polar surface area (TPSA) is 86.2 Å². The van der Waals surface area contributed by atoms with Gasteiger partial charge in [0.1, 0.15) is 0 Å². The summed E-state index contributed by atoms with van der Waals surface area (Å²) in [5, 5.41) is 22.1. The third kappa shape index (κ3) is 7.57. The first-order valence-electron chi connectivity index (χ1n) is 8.87. The van der Waals surface area contributed by atoms with Crippen LogP contribution in [0.25, 0.3) is 0 Å². The number of nitrogens with one attached hydrogen (secondary N) is 5. The number of thiophene rings is 1. The van der Waals surface area contributed by atoms with Crippen LogP contribution in [0.3, 0.4) is 0 Å². The summed E-state index contributed by atoms with van der Waals surface area (Å²) in [6.45, 7) is 12.5. The summed E-state index contributed by atoms with van der Waals surface area (Å²) in [5.74, 6) is 0. The second-order valence-corrected chi connectivity index (χ2v) is 8.19. The molecule has 138 valence electrons. The molecule has 2 heterocycles. The van der Waals surface area contributed by atoms with Gasteiger partial charge in [-0.15, -0.1) is 0 Å². The maximum Gasteiger partial charge on any atom is 0.0406 e. The van der Waals surface area contributed by atoms with Gasteiger partial charge < -0.3 is 32.3 Å². The van der Waals surface area contributed by atoms with Crippen LogP contribution in [0, 0.1) is 0 Å². The highest BCUT2D eigenvalue weighted by Gasteiger charge is 2.23. The summed E-state index contributed by atoms with van der Waals surface area (Å²) < 4.78 is 0. The fraction of sp³-hybridized carbons (Fsp3) is 0.765. The van der Waals surface area contributed by atoms with Crippen molar-refractivity contribution in [3.63, 3.8) is 0 Å². The third-order valence-corrected chi connectivity index (χ3v) is 5.08. The molecule has 6 nitrogen and oxygen atoms in total. The Labute approximate surface area is 150 Å². The Balaban J connectivity index is 1.83. The smallest absolute Gasteiger partial charge is 0.0406 e. The van der Waals surface area contributed by atoms with Gasteiger partial charge in [0.05, 0.1) is 0 Å². The van der Waals surface area contributed by atoms with Crippen LogP contribution in [0.15, 0.2) is 16.8 Å². The molecule has 1 aliphatic rings. The Kier molecular flexibility index (Phi) is 8.09. The van der Waals surface area contributed by atoms with Crippen LogP contribution < -0.4 is 32.3 Å². The van der Waals surface area contributed by atoms with E-state index >= 15 is 0 Å². The zero-order chi connectivity index (χ0) is 17.3. The number of hydrogen-bond donors (Lipinski definition) is 6. The molecule has 2 rings (SSSR count). The minimum atomic E-state index is -0.208. The maximum atomic E-state index is 6.28. The molecule has 0 spiro atoms. The Morgan fingerprint density at radius 3 is 2.04 bits per heavy atom. The monoisotopic (exact) mass is 354 g/mol. The van der Waals surface area contributed by atoms with Crippen LogP contribution in [0.2, 0.25) is 0 Å². The SMILES string of the molecule is CC1(N)CNCCNCC(C)(NCc2ccsc2)CNCCNC1. The Morgan fingerprint density at radius 2 is 1.54 bits per heavy atom. The highest BCUT2D eigenvalue weighted by molar-refractivity contribution is 7.07. The molecule has 1 fully saturated rings. The van der Waals surface area contributed by atoms with E-state index in [1.165, 1.54) is 5.56 Å². The highest BCUT2D eigenvalue weighted by Crippen LogP contribution is 2.08. The molecular formula is C17H34N6S. The van der Waals surface area contributed by atoms with Crippen molar-refractivity contribution < 1.29 is 0 Å². The molecule has 0 aliphatic carbocycles. The fourth-order valence-electron chi connectivity index (χ4n) is 2.79. The van der Waals surface area contributed by atoms with Crippen LogP contribution in [0.5, 0.6) is 0 Å². The predicted molar refractivity (Wildman–Crippen MR) is 104 cm³/mol. The van der Waals surface area contributed by atoms with E-state index in [1.54, 1.807) is 11.3 Å². The molecule has 1 aromatic rings. The van der Waals surface area contributed by atoms with Gasteiger partial charge in [0.2, 0.25) is 0 Å². The van der Waals surface area contributed by atoms with Gasteiger partial charge in [0, 0.05) is 70.0 Å². The zero-order valence-electron chi connectivity index (χ0n) is 15.1. The highest BCUT2D eigenvalue weighted by atomic mass is 32.1. The molecule has 0 saturated carbocycles. The van der Waals surface area contributed by atoms with E-state index in [0.29, 0.717) is 0 Å². The molecule has 0 unspecified atom stereocenters. The Morgan fingerprint density at radius 1 is 1.00 bits per heavy atom. The number of nitrogens with two attached hydrogens (primary N) is 1. The first-order valence-corrected chi connectivity index (χ1v) is 9.81. The summed E-state index contributed by atoms with van der Waals surface area (Å²) >= 11 is 1.75. The summed E-state index contributed by atoms with van der Waals surface area (Å²) in [6.07, 6.45) is 0.